The first-order valence-corrected chi connectivity index (χ1v) is 7.68. The number of para-hydroxylation sites is 1. The molecule has 0 aliphatic heterocycles. The van der Waals surface area contributed by atoms with Crippen molar-refractivity contribution in [3.05, 3.63) is 76.0 Å². The van der Waals surface area contributed by atoms with E-state index in [0.717, 1.165) is 12.1 Å². The van der Waals surface area contributed by atoms with Gasteiger partial charge in [-0.1, -0.05) is 18.2 Å². The highest BCUT2D eigenvalue weighted by Gasteiger charge is 2.43. The van der Waals surface area contributed by atoms with Crippen LogP contribution in [0.25, 0.3) is 10.9 Å². The van der Waals surface area contributed by atoms with E-state index in [2.05, 4.69) is 4.98 Å². The number of non-ortho nitro benzene ring substituents is 1. The maximum atomic E-state index is 13.6. The van der Waals surface area contributed by atoms with Gasteiger partial charge in [-0.05, 0) is 23.8 Å². The van der Waals surface area contributed by atoms with Crippen LogP contribution < -0.4 is 0 Å². The van der Waals surface area contributed by atoms with Crippen LogP contribution in [0.4, 0.5) is 18.9 Å². The van der Waals surface area contributed by atoms with Crippen molar-refractivity contribution in [2.75, 3.05) is 0 Å². The Hall–Kier alpha value is -3.16. The Morgan fingerprint density at radius 2 is 1.77 bits per heavy atom. The third-order valence-corrected chi connectivity index (χ3v) is 4.18. The normalized spacial score (nSPS) is 12.9. The van der Waals surface area contributed by atoms with E-state index in [1.807, 2.05) is 0 Å². The van der Waals surface area contributed by atoms with Gasteiger partial charge >= 0.3 is 6.18 Å². The van der Waals surface area contributed by atoms with Crippen LogP contribution in [0.1, 0.15) is 28.3 Å². The molecule has 0 saturated heterocycles. The maximum Gasteiger partial charge on any atom is 0.396 e. The number of H-pyrrole nitrogens is 1. The molecule has 0 aliphatic carbocycles. The highest BCUT2D eigenvalue weighted by molar-refractivity contribution is 5.97. The number of ketones is 1. The molecule has 3 aromatic rings. The quantitative estimate of drug-likeness (QED) is 0.394. The highest BCUT2D eigenvalue weighted by Crippen LogP contribution is 2.41. The third-order valence-electron chi connectivity index (χ3n) is 4.18. The second kappa shape index (κ2) is 6.62. The molecular formula is C18H13F3N2O3. The van der Waals surface area contributed by atoms with Gasteiger partial charge < -0.3 is 4.98 Å². The van der Waals surface area contributed by atoms with Crippen molar-refractivity contribution in [1.29, 1.82) is 0 Å². The number of hydrogen-bond acceptors (Lipinski definition) is 3. The Bertz CT molecular complexity index is 962. The van der Waals surface area contributed by atoms with Crippen LogP contribution in [0, 0.1) is 10.1 Å². The monoisotopic (exact) mass is 362 g/mol. The largest absolute Gasteiger partial charge is 0.396 e. The summed E-state index contributed by atoms with van der Waals surface area (Å²) in [6, 6.07) is 11.1. The molecule has 0 unspecified atom stereocenters. The number of alkyl halides is 3. The van der Waals surface area contributed by atoms with E-state index in [9.17, 15) is 28.1 Å². The number of rotatable bonds is 5. The van der Waals surface area contributed by atoms with Gasteiger partial charge in [0.1, 0.15) is 0 Å². The number of halogens is 3. The summed E-state index contributed by atoms with van der Waals surface area (Å²) in [5.74, 6) is -2.70. The first-order chi connectivity index (χ1) is 12.3. The number of carbonyl (C=O) groups is 1. The number of Topliss-reactive ketones (excluding diaryl/α,β-unsaturated/α-hetero) is 1. The highest BCUT2D eigenvalue weighted by atomic mass is 19.4. The molecule has 8 heteroatoms. The van der Waals surface area contributed by atoms with E-state index in [-0.39, 0.29) is 16.8 Å². The average Bonchev–Trinajstić information content (AvgIpc) is 3.02. The Morgan fingerprint density at radius 1 is 1.12 bits per heavy atom. The molecule has 1 aromatic heterocycles. The predicted molar refractivity (Wildman–Crippen MR) is 89.1 cm³/mol. The molecule has 0 aliphatic rings. The van der Waals surface area contributed by atoms with Crippen LogP contribution in [0.2, 0.25) is 0 Å². The molecule has 1 atom stereocenters. The predicted octanol–water partition coefficient (Wildman–Crippen LogP) is 5.00. The van der Waals surface area contributed by atoms with Crippen LogP contribution >= 0.6 is 0 Å². The van der Waals surface area contributed by atoms with Gasteiger partial charge in [0.05, 0.1) is 10.8 Å². The van der Waals surface area contributed by atoms with Gasteiger partial charge in [-0.2, -0.15) is 13.2 Å². The fourth-order valence-corrected chi connectivity index (χ4v) is 2.86. The number of nitrogens with zero attached hydrogens (tertiary/aromatic N) is 1. The Balaban J connectivity index is 1.92. The smallest absolute Gasteiger partial charge is 0.361 e. The Labute approximate surface area is 145 Å². The summed E-state index contributed by atoms with van der Waals surface area (Å²) in [5.41, 5.74) is 0.332. The SMILES string of the molecule is O=C(C[C@H](c1c[nH]c2ccccc12)C(F)(F)F)c1ccc([N+](=O)[O-])cc1. The van der Waals surface area contributed by atoms with Crippen LogP contribution in [-0.4, -0.2) is 21.9 Å². The molecule has 134 valence electrons. The second-order valence-corrected chi connectivity index (χ2v) is 5.82. The zero-order valence-electron chi connectivity index (χ0n) is 13.3. The number of hydrogen-bond donors (Lipinski definition) is 1. The molecule has 2 aromatic carbocycles. The number of benzene rings is 2. The molecule has 0 fully saturated rings. The van der Waals surface area contributed by atoms with Crippen molar-refractivity contribution in [3.8, 4) is 0 Å². The van der Waals surface area contributed by atoms with Gasteiger partial charge in [-0.3, -0.25) is 14.9 Å². The number of nitrogens with one attached hydrogen (secondary N) is 1. The molecule has 5 nitrogen and oxygen atoms in total. The lowest BCUT2D eigenvalue weighted by molar-refractivity contribution is -0.384. The first-order valence-electron chi connectivity index (χ1n) is 7.68. The number of aromatic nitrogens is 1. The minimum atomic E-state index is -4.61. The topological polar surface area (TPSA) is 76.0 Å². The zero-order valence-corrected chi connectivity index (χ0v) is 13.3. The summed E-state index contributed by atoms with van der Waals surface area (Å²) >= 11 is 0. The number of carbonyl (C=O) groups excluding carboxylic acids is 1. The molecule has 3 rings (SSSR count). The van der Waals surface area contributed by atoms with Gasteiger partial charge in [0.2, 0.25) is 0 Å². The fraction of sp³-hybridized carbons (Fsp3) is 0.167. The summed E-state index contributed by atoms with van der Waals surface area (Å²) in [4.78, 5) is 25.1. The van der Waals surface area contributed by atoms with Crippen LogP contribution in [-0.2, 0) is 0 Å². The minimum absolute atomic E-state index is 0.00311. The number of aromatic amines is 1. The van der Waals surface area contributed by atoms with Crippen molar-refractivity contribution in [2.45, 2.75) is 18.5 Å². The molecular weight excluding hydrogens is 349 g/mol. The van der Waals surface area contributed by atoms with E-state index in [1.54, 1.807) is 24.3 Å². The molecule has 0 bridgehead atoms. The maximum absolute atomic E-state index is 13.6. The molecule has 0 radical (unpaired) electrons. The molecule has 0 saturated carbocycles. The number of fused-ring (bicyclic) bond motifs is 1. The molecule has 1 heterocycles. The average molecular weight is 362 g/mol. The zero-order chi connectivity index (χ0) is 18.9. The number of nitro groups is 1. The van der Waals surface area contributed by atoms with Crippen molar-refractivity contribution < 1.29 is 22.9 Å². The van der Waals surface area contributed by atoms with Crippen LogP contribution in [0.15, 0.2) is 54.7 Å². The van der Waals surface area contributed by atoms with E-state index >= 15 is 0 Å². The lowest BCUT2D eigenvalue weighted by atomic mass is 9.90. The van der Waals surface area contributed by atoms with E-state index in [1.165, 1.54) is 18.3 Å². The summed E-state index contributed by atoms with van der Waals surface area (Å²) < 4.78 is 40.8. The van der Waals surface area contributed by atoms with Crippen LogP contribution in [0.5, 0.6) is 0 Å². The van der Waals surface area contributed by atoms with Crippen molar-refractivity contribution in [3.63, 3.8) is 0 Å². The van der Waals surface area contributed by atoms with Gasteiger partial charge in [-0.15, -0.1) is 0 Å². The molecule has 0 spiro atoms. The summed E-state index contributed by atoms with van der Waals surface area (Å²) in [7, 11) is 0. The molecule has 0 amide bonds. The summed E-state index contributed by atoms with van der Waals surface area (Å²) in [6.07, 6.45) is -4.11. The fourth-order valence-electron chi connectivity index (χ4n) is 2.86. The Morgan fingerprint density at radius 3 is 2.38 bits per heavy atom. The van der Waals surface area contributed by atoms with E-state index in [0.29, 0.717) is 10.9 Å². The lowest BCUT2D eigenvalue weighted by Crippen LogP contribution is -2.23. The van der Waals surface area contributed by atoms with Gasteiger partial charge in [0, 0.05) is 41.2 Å². The number of nitro benzene ring substituents is 1. The summed E-state index contributed by atoms with van der Waals surface area (Å²) in [5, 5.41) is 11.0. The van der Waals surface area contributed by atoms with Gasteiger partial charge in [0.25, 0.3) is 5.69 Å². The standard InChI is InChI=1S/C18H13F3N2O3/c19-18(20,21)15(14-10-22-16-4-2-1-3-13(14)16)9-17(24)11-5-7-12(8-6-11)23(25)26/h1-8,10,15,22H,9H2/t15-/m1/s1. The lowest BCUT2D eigenvalue weighted by Gasteiger charge is -2.19. The van der Waals surface area contributed by atoms with Crippen molar-refractivity contribution >= 4 is 22.4 Å². The first kappa shape index (κ1) is 17.7. The second-order valence-electron chi connectivity index (χ2n) is 5.82. The van der Waals surface area contributed by atoms with E-state index < -0.39 is 29.2 Å². The van der Waals surface area contributed by atoms with Crippen molar-refractivity contribution in [1.82, 2.24) is 4.98 Å². The molecule has 1 N–H and O–H groups in total. The van der Waals surface area contributed by atoms with Crippen LogP contribution in [0.3, 0.4) is 0 Å². The minimum Gasteiger partial charge on any atom is -0.361 e. The molecule has 26 heavy (non-hydrogen) atoms. The summed E-state index contributed by atoms with van der Waals surface area (Å²) in [6.45, 7) is 0. The van der Waals surface area contributed by atoms with Gasteiger partial charge in [0.15, 0.2) is 5.78 Å². The van der Waals surface area contributed by atoms with Crippen molar-refractivity contribution in [2.24, 2.45) is 0 Å². The third kappa shape index (κ3) is 3.44. The van der Waals surface area contributed by atoms with Gasteiger partial charge in [-0.25, -0.2) is 0 Å². The van der Waals surface area contributed by atoms with E-state index in [4.69, 9.17) is 0 Å². The Kier molecular flexibility index (Phi) is 4.50.